The van der Waals surface area contributed by atoms with Crippen molar-refractivity contribution in [3.05, 3.63) is 15.8 Å². The first-order chi connectivity index (χ1) is 9.76. The Labute approximate surface area is 126 Å². The van der Waals surface area contributed by atoms with Gasteiger partial charge < -0.3 is 5.11 Å². The normalized spacial score (nSPS) is 16.2. The number of carboxylic acid groups (broad SMARTS) is 1. The smallest absolute Gasteiger partial charge is 0.324 e. The zero-order valence-electron chi connectivity index (χ0n) is 12.3. The summed E-state index contributed by atoms with van der Waals surface area (Å²) in [4.78, 5) is 21.8. The number of rotatable bonds is 7. The van der Waals surface area contributed by atoms with E-state index in [0.717, 1.165) is 12.8 Å². The van der Waals surface area contributed by atoms with Crippen molar-refractivity contribution in [3.63, 3.8) is 0 Å². The Morgan fingerprint density at radius 3 is 2.62 bits per heavy atom. The summed E-state index contributed by atoms with van der Waals surface area (Å²) in [7, 11) is 1.69. The fourth-order valence-electron chi connectivity index (χ4n) is 2.33. The second-order valence-corrected chi connectivity index (χ2v) is 6.90. The van der Waals surface area contributed by atoms with Crippen LogP contribution in [-0.4, -0.2) is 31.5 Å². The highest BCUT2D eigenvalue weighted by molar-refractivity contribution is 7.99. The van der Waals surface area contributed by atoms with Crippen LogP contribution in [0.15, 0.2) is 5.03 Å². The van der Waals surface area contributed by atoms with Crippen molar-refractivity contribution >= 4 is 23.4 Å². The molecular formula is C13H19N3O4S. The predicted octanol–water partition coefficient (Wildman–Crippen LogP) is 2.80. The van der Waals surface area contributed by atoms with E-state index in [1.54, 1.807) is 7.05 Å². The van der Waals surface area contributed by atoms with Gasteiger partial charge in [0, 0.05) is 18.7 Å². The van der Waals surface area contributed by atoms with Gasteiger partial charge in [0.15, 0.2) is 5.03 Å². The molecule has 2 rings (SSSR count). The van der Waals surface area contributed by atoms with Gasteiger partial charge in [-0.1, -0.05) is 25.6 Å². The molecule has 1 heterocycles. The lowest BCUT2D eigenvalue weighted by molar-refractivity contribution is -0.388. The molecular weight excluding hydrogens is 294 g/mol. The number of nitrogens with zero attached hydrogens (tertiary/aromatic N) is 3. The molecule has 0 unspecified atom stereocenters. The minimum absolute atomic E-state index is 0.0279. The van der Waals surface area contributed by atoms with Crippen molar-refractivity contribution in [1.82, 2.24) is 9.78 Å². The summed E-state index contributed by atoms with van der Waals surface area (Å²) >= 11 is 1.35. The molecule has 0 aliphatic heterocycles. The summed E-state index contributed by atoms with van der Waals surface area (Å²) < 4.78 is 1.54. The van der Waals surface area contributed by atoms with Crippen LogP contribution in [0.2, 0.25) is 0 Å². The van der Waals surface area contributed by atoms with Gasteiger partial charge >= 0.3 is 11.7 Å². The highest BCUT2D eigenvalue weighted by Gasteiger charge is 2.45. The molecule has 1 N–H and O–H groups in total. The van der Waals surface area contributed by atoms with Crippen LogP contribution in [-0.2, 0) is 11.8 Å². The Hall–Kier alpha value is -1.57. The minimum atomic E-state index is -0.810. The molecule has 0 atom stereocenters. The van der Waals surface area contributed by atoms with Crippen LogP contribution in [0.1, 0.15) is 44.7 Å². The summed E-state index contributed by atoms with van der Waals surface area (Å²) in [6.45, 7) is 3.74. The van der Waals surface area contributed by atoms with Crippen molar-refractivity contribution in [2.24, 2.45) is 12.5 Å². The van der Waals surface area contributed by atoms with E-state index in [0.29, 0.717) is 16.5 Å². The first-order valence-electron chi connectivity index (χ1n) is 6.81. The Bertz CT molecular complexity index is 578. The maximum absolute atomic E-state index is 11.3. The van der Waals surface area contributed by atoms with E-state index in [1.807, 2.05) is 13.8 Å². The van der Waals surface area contributed by atoms with Gasteiger partial charge in [0.2, 0.25) is 0 Å². The highest BCUT2D eigenvalue weighted by atomic mass is 32.2. The molecule has 1 aliphatic rings. The van der Waals surface area contributed by atoms with Crippen LogP contribution >= 0.6 is 11.8 Å². The fraction of sp³-hybridized carbons (Fsp3) is 0.692. The van der Waals surface area contributed by atoms with Crippen LogP contribution < -0.4 is 0 Å². The third-order valence-electron chi connectivity index (χ3n) is 3.72. The molecule has 116 valence electrons. The van der Waals surface area contributed by atoms with Gasteiger partial charge in [0.25, 0.3) is 0 Å². The molecule has 21 heavy (non-hydrogen) atoms. The standard InChI is InChI=1S/C13H19N3O4S/c1-8(2)10-11(16(19)20)12(15(3)14-10)21-7-13(4-5-13)6-9(17)18/h8H,4-7H2,1-3H3,(H,17,18). The minimum Gasteiger partial charge on any atom is -0.481 e. The first kappa shape index (κ1) is 15.8. The number of aryl methyl sites for hydroxylation is 1. The van der Waals surface area contributed by atoms with Crippen molar-refractivity contribution in [1.29, 1.82) is 0 Å². The van der Waals surface area contributed by atoms with Gasteiger partial charge in [0.05, 0.1) is 11.3 Å². The lowest BCUT2D eigenvalue weighted by Gasteiger charge is -2.11. The van der Waals surface area contributed by atoms with Crippen molar-refractivity contribution in [3.8, 4) is 0 Å². The number of thioether (sulfide) groups is 1. The molecule has 1 aromatic rings. The molecule has 1 fully saturated rings. The lowest BCUT2D eigenvalue weighted by Crippen LogP contribution is -2.11. The largest absolute Gasteiger partial charge is 0.481 e. The van der Waals surface area contributed by atoms with E-state index < -0.39 is 5.97 Å². The van der Waals surface area contributed by atoms with Gasteiger partial charge in [-0.2, -0.15) is 5.10 Å². The van der Waals surface area contributed by atoms with Crippen LogP contribution in [0.3, 0.4) is 0 Å². The van der Waals surface area contributed by atoms with Crippen LogP contribution in [0.5, 0.6) is 0 Å². The molecule has 0 bridgehead atoms. The summed E-state index contributed by atoms with van der Waals surface area (Å²) in [5.74, 6) is -0.257. The second-order valence-electron chi connectivity index (χ2n) is 5.93. The van der Waals surface area contributed by atoms with Crippen LogP contribution in [0.25, 0.3) is 0 Å². The molecule has 8 heteroatoms. The molecule has 0 aromatic carbocycles. The summed E-state index contributed by atoms with van der Waals surface area (Å²) in [5, 5.41) is 25.0. The van der Waals surface area contributed by atoms with Gasteiger partial charge in [-0.05, 0) is 18.3 Å². The predicted molar refractivity (Wildman–Crippen MR) is 78.6 cm³/mol. The molecule has 0 saturated heterocycles. The van der Waals surface area contributed by atoms with Gasteiger partial charge in [-0.15, -0.1) is 0 Å². The summed E-state index contributed by atoms with van der Waals surface area (Å²) in [6, 6.07) is 0. The van der Waals surface area contributed by atoms with E-state index in [9.17, 15) is 14.9 Å². The molecule has 1 aliphatic carbocycles. The van der Waals surface area contributed by atoms with E-state index in [-0.39, 0.29) is 28.4 Å². The fourth-order valence-corrected chi connectivity index (χ4v) is 3.71. The molecule has 1 aromatic heterocycles. The molecule has 0 spiro atoms. The Kier molecular flexibility index (Phi) is 4.27. The van der Waals surface area contributed by atoms with Crippen molar-refractivity contribution in [2.75, 3.05) is 5.75 Å². The molecule has 1 saturated carbocycles. The van der Waals surface area contributed by atoms with E-state index in [2.05, 4.69) is 5.10 Å². The molecule has 0 radical (unpaired) electrons. The number of hydrogen-bond donors (Lipinski definition) is 1. The third kappa shape index (κ3) is 3.37. The zero-order valence-corrected chi connectivity index (χ0v) is 13.1. The van der Waals surface area contributed by atoms with Gasteiger partial charge in [0.1, 0.15) is 5.69 Å². The quantitative estimate of drug-likeness (QED) is 0.472. The number of aromatic nitrogens is 2. The Morgan fingerprint density at radius 2 is 2.19 bits per heavy atom. The SMILES string of the molecule is CC(C)c1nn(C)c(SCC2(CC(=O)O)CC2)c1[N+](=O)[O-]. The number of carboxylic acids is 1. The van der Waals surface area contributed by atoms with E-state index in [4.69, 9.17) is 5.11 Å². The van der Waals surface area contributed by atoms with Crippen molar-refractivity contribution in [2.45, 2.75) is 44.1 Å². The van der Waals surface area contributed by atoms with E-state index >= 15 is 0 Å². The molecule has 0 amide bonds. The summed E-state index contributed by atoms with van der Waals surface area (Å²) in [5.41, 5.74) is 0.337. The van der Waals surface area contributed by atoms with E-state index in [1.165, 1.54) is 16.4 Å². The van der Waals surface area contributed by atoms with Crippen LogP contribution in [0.4, 0.5) is 5.69 Å². The van der Waals surface area contributed by atoms with Gasteiger partial charge in [-0.25, -0.2) is 0 Å². The maximum atomic E-state index is 11.3. The third-order valence-corrected chi connectivity index (χ3v) is 5.21. The highest BCUT2D eigenvalue weighted by Crippen LogP contribution is 2.52. The Balaban J connectivity index is 2.20. The average molecular weight is 313 g/mol. The second kappa shape index (κ2) is 5.67. The lowest BCUT2D eigenvalue weighted by atomic mass is 10.1. The summed E-state index contributed by atoms with van der Waals surface area (Å²) in [6.07, 6.45) is 1.87. The van der Waals surface area contributed by atoms with Crippen LogP contribution in [0, 0.1) is 15.5 Å². The molecule has 7 nitrogen and oxygen atoms in total. The number of nitro groups is 1. The number of carbonyl (C=O) groups is 1. The zero-order chi connectivity index (χ0) is 15.8. The Morgan fingerprint density at radius 1 is 1.57 bits per heavy atom. The average Bonchev–Trinajstić information content (AvgIpc) is 3.01. The van der Waals surface area contributed by atoms with Gasteiger partial charge in [-0.3, -0.25) is 19.6 Å². The number of aliphatic carboxylic acids is 1. The first-order valence-corrected chi connectivity index (χ1v) is 7.80. The topological polar surface area (TPSA) is 98.3 Å². The number of hydrogen-bond acceptors (Lipinski definition) is 5. The maximum Gasteiger partial charge on any atom is 0.324 e. The van der Waals surface area contributed by atoms with Crippen molar-refractivity contribution < 1.29 is 14.8 Å². The monoisotopic (exact) mass is 313 g/mol.